The minimum absolute atomic E-state index is 0.0746. The summed E-state index contributed by atoms with van der Waals surface area (Å²) >= 11 is 2.79. The van der Waals surface area contributed by atoms with Crippen LogP contribution in [0.2, 0.25) is 0 Å². The van der Waals surface area contributed by atoms with E-state index in [1.54, 1.807) is 12.1 Å². The molecule has 0 fully saturated rings. The third kappa shape index (κ3) is 3.77. The molecule has 0 spiro atoms. The van der Waals surface area contributed by atoms with Gasteiger partial charge in [-0.25, -0.2) is 4.39 Å². The van der Waals surface area contributed by atoms with E-state index in [1.165, 1.54) is 41.5 Å². The highest BCUT2D eigenvalue weighted by atomic mass is 32.2. The molecular formula is C15H12FN3O2S2. The molecule has 0 atom stereocenters. The Morgan fingerprint density at radius 3 is 3.17 bits per heavy atom. The number of furan rings is 1. The molecule has 118 valence electrons. The molecule has 2 aromatic heterocycles. The van der Waals surface area contributed by atoms with Crippen molar-refractivity contribution in [2.24, 2.45) is 0 Å². The van der Waals surface area contributed by atoms with Crippen molar-refractivity contribution in [3.63, 3.8) is 0 Å². The Bertz CT molecular complexity index is 859. The number of nitrogens with one attached hydrogen (secondary N) is 1. The Morgan fingerprint density at radius 2 is 2.35 bits per heavy atom. The maximum atomic E-state index is 13.3. The van der Waals surface area contributed by atoms with Gasteiger partial charge in [-0.3, -0.25) is 4.79 Å². The topological polar surface area (TPSA) is 68.0 Å². The number of anilines is 1. The third-order valence-corrected chi connectivity index (χ3v) is 4.91. The Kier molecular flexibility index (Phi) is 4.73. The fourth-order valence-electron chi connectivity index (χ4n) is 1.98. The molecule has 1 aromatic carbocycles. The first-order valence-corrected chi connectivity index (χ1v) is 8.48. The van der Waals surface area contributed by atoms with Crippen LogP contribution in [0.4, 0.5) is 9.52 Å². The Morgan fingerprint density at radius 1 is 1.48 bits per heavy atom. The van der Waals surface area contributed by atoms with E-state index in [1.807, 2.05) is 0 Å². The number of rotatable bonds is 6. The van der Waals surface area contributed by atoms with Crippen molar-refractivity contribution in [3.05, 3.63) is 48.5 Å². The Balaban J connectivity index is 1.67. The van der Waals surface area contributed by atoms with Gasteiger partial charge in [0, 0.05) is 16.7 Å². The molecule has 0 saturated carbocycles. The molecule has 0 bridgehead atoms. The quantitative estimate of drug-likeness (QED) is 0.415. The number of hydrogen-bond acceptors (Lipinski definition) is 6. The number of carbonyl (C=O) groups is 1. The SMILES string of the molecule is C=CCSc1nnc(NC(=O)Cc2coc3ccc(F)cc23)s1. The smallest absolute Gasteiger partial charge is 0.230 e. The molecule has 0 saturated heterocycles. The van der Waals surface area contributed by atoms with E-state index in [0.717, 1.165) is 10.1 Å². The van der Waals surface area contributed by atoms with Crippen LogP contribution in [-0.4, -0.2) is 21.9 Å². The fraction of sp³-hybridized carbons (Fsp3) is 0.133. The number of fused-ring (bicyclic) bond motifs is 1. The monoisotopic (exact) mass is 349 g/mol. The first kappa shape index (κ1) is 15.7. The van der Waals surface area contributed by atoms with E-state index >= 15 is 0 Å². The zero-order valence-corrected chi connectivity index (χ0v) is 13.5. The van der Waals surface area contributed by atoms with Gasteiger partial charge in [0.05, 0.1) is 12.7 Å². The van der Waals surface area contributed by atoms with Crippen LogP contribution in [0.15, 0.2) is 45.9 Å². The van der Waals surface area contributed by atoms with Crippen LogP contribution in [0.5, 0.6) is 0 Å². The summed E-state index contributed by atoms with van der Waals surface area (Å²) in [5, 5.41) is 11.6. The second kappa shape index (κ2) is 6.93. The van der Waals surface area contributed by atoms with Crippen molar-refractivity contribution in [2.75, 3.05) is 11.1 Å². The fourth-order valence-corrected chi connectivity index (χ4v) is 3.51. The van der Waals surface area contributed by atoms with Crippen molar-refractivity contribution < 1.29 is 13.6 Å². The third-order valence-electron chi connectivity index (χ3n) is 2.94. The van der Waals surface area contributed by atoms with Gasteiger partial charge in [0.1, 0.15) is 11.4 Å². The van der Waals surface area contributed by atoms with Crippen molar-refractivity contribution in [1.82, 2.24) is 10.2 Å². The van der Waals surface area contributed by atoms with E-state index in [0.29, 0.717) is 21.7 Å². The molecule has 0 unspecified atom stereocenters. The second-order valence-corrected chi connectivity index (χ2v) is 6.84. The molecule has 2 heterocycles. The largest absolute Gasteiger partial charge is 0.464 e. The normalized spacial score (nSPS) is 10.8. The van der Waals surface area contributed by atoms with Crippen LogP contribution in [0, 0.1) is 5.82 Å². The van der Waals surface area contributed by atoms with Crippen LogP contribution in [-0.2, 0) is 11.2 Å². The molecule has 23 heavy (non-hydrogen) atoms. The van der Waals surface area contributed by atoms with Gasteiger partial charge in [-0.1, -0.05) is 29.2 Å². The molecule has 1 amide bonds. The molecular weight excluding hydrogens is 337 g/mol. The number of halogens is 1. The van der Waals surface area contributed by atoms with Gasteiger partial charge in [0.15, 0.2) is 4.34 Å². The lowest BCUT2D eigenvalue weighted by Gasteiger charge is -1.99. The Hall–Kier alpha value is -2.19. The summed E-state index contributed by atoms with van der Waals surface area (Å²) < 4.78 is 19.4. The van der Waals surface area contributed by atoms with Gasteiger partial charge in [0.25, 0.3) is 0 Å². The minimum Gasteiger partial charge on any atom is -0.464 e. The zero-order valence-electron chi connectivity index (χ0n) is 11.9. The van der Waals surface area contributed by atoms with Gasteiger partial charge in [-0.15, -0.1) is 16.8 Å². The van der Waals surface area contributed by atoms with E-state index in [-0.39, 0.29) is 18.1 Å². The summed E-state index contributed by atoms with van der Waals surface area (Å²) in [4.78, 5) is 12.1. The average molecular weight is 349 g/mol. The summed E-state index contributed by atoms with van der Waals surface area (Å²) in [6, 6.07) is 4.22. The average Bonchev–Trinajstić information content (AvgIpc) is 3.12. The predicted octanol–water partition coefficient (Wildman–Crippen LogP) is 3.88. The number of aromatic nitrogens is 2. The summed E-state index contributed by atoms with van der Waals surface area (Å²) in [6.07, 6.45) is 3.31. The van der Waals surface area contributed by atoms with Crippen LogP contribution < -0.4 is 5.32 Å². The first-order chi connectivity index (χ1) is 11.2. The molecule has 3 rings (SSSR count). The second-order valence-electron chi connectivity index (χ2n) is 4.60. The number of thioether (sulfide) groups is 1. The Labute approximate surface area is 139 Å². The van der Waals surface area contributed by atoms with Crippen molar-refractivity contribution >= 4 is 45.1 Å². The molecule has 0 aliphatic carbocycles. The van der Waals surface area contributed by atoms with Gasteiger partial charge in [0.2, 0.25) is 11.0 Å². The summed E-state index contributed by atoms with van der Waals surface area (Å²) in [7, 11) is 0. The highest BCUT2D eigenvalue weighted by Crippen LogP contribution is 2.26. The summed E-state index contributed by atoms with van der Waals surface area (Å²) in [5.41, 5.74) is 1.18. The van der Waals surface area contributed by atoms with Crippen molar-refractivity contribution in [1.29, 1.82) is 0 Å². The summed E-state index contributed by atoms with van der Waals surface area (Å²) in [5.74, 6) is 0.108. The standard InChI is InChI=1S/C15H12FN3O2S2/c1-2-5-22-15-19-18-14(23-15)17-13(20)6-9-8-21-12-4-3-10(16)7-11(9)12/h2-4,7-8H,1,5-6H2,(H,17,18,20). The van der Waals surface area contributed by atoms with E-state index in [4.69, 9.17) is 4.42 Å². The molecule has 1 N–H and O–H groups in total. The number of nitrogens with zero attached hydrogens (tertiary/aromatic N) is 2. The molecule has 0 radical (unpaired) electrons. The lowest BCUT2D eigenvalue weighted by atomic mass is 10.1. The predicted molar refractivity (Wildman–Crippen MR) is 89.3 cm³/mol. The number of hydrogen-bond donors (Lipinski definition) is 1. The molecule has 5 nitrogen and oxygen atoms in total. The number of amides is 1. The van der Waals surface area contributed by atoms with Crippen LogP contribution in [0.25, 0.3) is 11.0 Å². The van der Waals surface area contributed by atoms with Crippen molar-refractivity contribution in [3.8, 4) is 0 Å². The zero-order chi connectivity index (χ0) is 16.2. The van der Waals surface area contributed by atoms with Gasteiger partial charge >= 0.3 is 0 Å². The number of carbonyl (C=O) groups excluding carboxylic acids is 1. The van der Waals surface area contributed by atoms with Gasteiger partial charge in [-0.05, 0) is 18.2 Å². The van der Waals surface area contributed by atoms with Crippen LogP contribution in [0.3, 0.4) is 0 Å². The highest BCUT2D eigenvalue weighted by Gasteiger charge is 2.13. The van der Waals surface area contributed by atoms with E-state index < -0.39 is 0 Å². The van der Waals surface area contributed by atoms with Crippen LogP contribution >= 0.6 is 23.1 Å². The molecule has 8 heteroatoms. The minimum atomic E-state index is -0.367. The maximum absolute atomic E-state index is 13.3. The highest BCUT2D eigenvalue weighted by molar-refractivity contribution is 8.01. The molecule has 3 aromatic rings. The first-order valence-electron chi connectivity index (χ1n) is 6.68. The van der Waals surface area contributed by atoms with Crippen LogP contribution in [0.1, 0.15) is 5.56 Å². The maximum Gasteiger partial charge on any atom is 0.230 e. The van der Waals surface area contributed by atoms with E-state index in [2.05, 4.69) is 22.1 Å². The van der Waals surface area contributed by atoms with Gasteiger partial charge in [-0.2, -0.15) is 0 Å². The lowest BCUT2D eigenvalue weighted by molar-refractivity contribution is -0.115. The van der Waals surface area contributed by atoms with Crippen molar-refractivity contribution in [2.45, 2.75) is 10.8 Å². The number of benzene rings is 1. The molecule has 0 aliphatic heterocycles. The lowest BCUT2D eigenvalue weighted by Crippen LogP contribution is -2.14. The molecule has 0 aliphatic rings. The van der Waals surface area contributed by atoms with E-state index in [9.17, 15) is 9.18 Å². The van der Waals surface area contributed by atoms with Gasteiger partial charge < -0.3 is 9.73 Å². The summed E-state index contributed by atoms with van der Waals surface area (Å²) in [6.45, 7) is 3.63.